The summed E-state index contributed by atoms with van der Waals surface area (Å²) in [6.07, 6.45) is 0.476. The summed E-state index contributed by atoms with van der Waals surface area (Å²) >= 11 is 0. The minimum absolute atomic E-state index is 0.0751. The molecule has 34 heavy (non-hydrogen) atoms. The van der Waals surface area contributed by atoms with Gasteiger partial charge in [0.05, 0.1) is 0 Å². The highest BCUT2D eigenvalue weighted by atomic mass is 16.1. The molecule has 4 rings (SSSR count). The van der Waals surface area contributed by atoms with Gasteiger partial charge < -0.3 is 5.32 Å². The quantitative estimate of drug-likeness (QED) is 0.325. The van der Waals surface area contributed by atoms with Crippen LogP contribution in [0.1, 0.15) is 48.5 Å². The SMILES string of the molecule is Cc1ccc(CC(=O)c2ccc(C)cc2)cc1.Cc1ccc(NC(=O)c2ccc(C)cc2)cc1. The number of aryl methyl sites for hydroxylation is 4. The Balaban J connectivity index is 0.000000191. The standard InChI is InChI=1S/C16H16O.C15H15NO/c1-12-3-7-14(8-4-12)11-16(17)15-9-5-13(2)6-10-15;1-11-3-7-13(8-4-11)15(17)16-14-9-5-12(2)6-10-14/h3-10H,11H2,1-2H3;3-10H,1-2H3,(H,16,17). The van der Waals surface area contributed by atoms with Crippen LogP contribution in [0.15, 0.2) is 97.1 Å². The largest absolute Gasteiger partial charge is 0.322 e. The maximum atomic E-state index is 12.0. The molecule has 1 N–H and O–H groups in total. The number of amides is 1. The van der Waals surface area contributed by atoms with Crippen molar-refractivity contribution in [2.75, 3.05) is 5.32 Å². The van der Waals surface area contributed by atoms with Crippen molar-refractivity contribution in [3.8, 4) is 0 Å². The van der Waals surface area contributed by atoms with Crippen LogP contribution >= 0.6 is 0 Å². The average Bonchev–Trinajstić information content (AvgIpc) is 2.83. The Kier molecular flexibility index (Phi) is 8.53. The number of rotatable bonds is 5. The maximum Gasteiger partial charge on any atom is 0.255 e. The van der Waals surface area contributed by atoms with Gasteiger partial charge in [-0.1, -0.05) is 95.1 Å². The van der Waals surface area contributed by atoms with Crippen molar-refractivity contribution >= 4 is 17.4 Å². The molecule has 0 aliphatic rings. The van der Waals surface area contributed by atoms with E-state index >= 15 is 0 Å². The van der Waals surface area contributed by atoms with Crippen molar-refractivity contribution in [2.24, 2.45) is 0 Å². The highest BCUT2D eigenvalue weighted by molar-refractivity contribution is 6.04. The minimum atomic E-state index is -0.0751. The van der Waals surface area contributed by atoms with Gasteiger partial charge in [0, 0.05) is 23.2 Å². The van der Waals surface area contributed by atoms with Gasteiger partial charge in [-0.15, -0.1) is 0 Å². The third-order valence-corrected chi connectivity index (χ3v) is 5.48. The van der Waals surface area contributed by atoms with Crippen molar-refractivity contribution in [3.63, 3.8) is 0 Å². The Morgan fingerprint density at radius 2 is 0.912 bits per heavy atom. The van der Waals surface area contributed by atoms with Crippen molar-refractivity contribution < 1.29 is 9.59 Å². The molecule has 0 atom stereocenters. The Hall–Kier alpha value is -3.98. The third kappa shape index (κ3) is 7.56. The molecule has 172 valence electrons. The molecule has 0 heterocycles. The van der Waals surface area contributed by atoms with Gasteiger partial charge in [-0.2, -0.15) is 0 Å². The second-order valence-electron chi connectivity index (χ2n) is 8.64. The molecule has 0 saturated carbocycles. The first-order chi connectivity index (χ1) is 16.3. The highest BCUT2D eigenvalue weighted by Gasteiger charge is 2.06. The van der Waals surface area contributed by atoms with Crippen LogP contribution in [-0.2, 0) is 6.42 Å². The molecule has 0 aromatic heterocycles. The Morgan fingerprint density at radius 1 is 0.529 bits per heavy atom. The van der Waals surface area contributed by atoms with E-state index in [4.69, 9.17) is 0 Å². The molecule has 0 aliphatic carbocycles. The molecular formula is C31H31NO2. The lowest BCUT2D eigenvalue weighted by Gasteiger charge is -2.05. The number of hydrogen-bond acceptors (Lipinski definition) is 2. The van der Waals surface area contributed by atoms with Gasteiger partial charge in [0.15, 0.2) is 5.78 Å². The number of Topliss-reactive ketones (excluding diaryl/α,β-unsaturated/α-hetero) is 1. The fourth-order valence-electron chi connectivity index (χ4n) is 3.28. The third-order valence-electron chi connectivity index (χ3n) is 5.48. The lowest BCUT2D eigenvalue weighted by atomic mass is 10.0. The normalized spacial score (nSPS) is 10.1. The molecule has 3 heteroatoms. The fourth-order valence-corrected chi connectivity index (χ4v) is 3.28. The molecule has 3 nitrogen and oxygen atoms in total. The summed E-state index contributed by atoms with van der Waals surface area (Å²) in [6, 6.07) is 31.1. The molecule has 0 fully saturated rings. The first-order valence-electron chi connectivity index (χ1n) is 11.4. The smallest absolute Gasteiger partial charge is 0.255 e. The number of benzene rings is 4. The van der Waals surface area contributed by atoms with Crippen molar-refractivity contribution in [1.29, 1.82) is 0 Å². The number of carbonyl (C=O) groups excluding carboxylic acids is 2. The van der Waals surface area contributed by atoms with E-state index in [-0.39, 0.29) is 11.7 Å². The number of carbonyl (C=O) groups is 2. The molecular weight excluding hydrogens is 418 g/mol. The van der Waals surface area contributed by atoms with Gasteiger partial charge in [-0.05, 0) is 57.5 Å². The average molecular weight is 450 g/mol. The summed E-state index contributed by atoms with van der Waals surface area (Å²) < 4.78 is 0. The zero-order valence-electron chi connectivity index (χ0n) is 20.3. The summed E-state index contributed by atoms with van der Waals surface area (Å²) in [7, 11) is 0. The van der Waals surface area contributed by atoms with Crippen molar-refractivity contribution in [3.05, 3.63) is 136 Å². The van der Waals surface area contributed by atoms with Crippen LogP contribution in [0.2, 0.25) is 0 Å². The molecule has 0 unspecified atom stereocenters. The van der Waals surface area contributed by atoms with Gasteiger partial charge in [0.1, 0.15) is 0 Å². The minimum Gasteiger partial charge on any atom is -0.322 e. The number of ketones is 1. The van der Waals surface area contributed by atoms with E-state index in [0.717, 1.165) is 22.4 Å². The predicted molar refractivity (Wildman–Crippen MR) is 141 cm³/mol. The van der Waals surface area contributed by atoms with Crippen LogP contribution in [0.25, 0.3) is 0 Å². The maximum absolute atomic E-state index is 12.0. The second kappa shape index (κ2) is 11.8. The van der Waals surface area contributed by atoms with E-state index < -0.39 is 0 Å². The molecule has 4 aromatic rings. The lowest BCUT2D eigenvalue weighted by Crippen LogP contribution is -2.11. The van der Waals surface area contributed by atoms with Crippen molar-refractivity contribution in [2.45, 2.75) is 34.1 Å². The zero-order valence-corrected chi connectivity index (χ0v) is 20.3. The van der Waals surface area contributed by atoms with Gasteiger partial charge in [-0.25, -0.2) is 0 Å². The molecule has 0 radical (unpaired) electrons. The Bertz CT molecular complexity index is 1120. The van der Waals surface area contributed by atoms with E-state index in [1.807, 2.05) is 125 Å². The van der Waals surface area contributed by atoms with Crippen LogP contribution in [0.5, 0.6) is 0 Å². The molecule has 1 amide bonds. The first-order valence-corrected chi connectivity index (χ1v) is 11.4. The van der Waals surface area contributed by atoms with E-state index in [1.54, 1.807) is 0 Å². The van der Waals surface area contributed by atoms with E-state index in [2.05, 4.69) is 5.32 Å². The number of anilines is 1. The summed E-state index contributed by atoms with van der Waals surface area (Å²) in [6.45, 7) is 8.09. The van der Waals surface area contributed by atoms with Crippen molar-refractivity contribution in [1.82, 2.24) is 0 Å². The van der Waals surface area contributed by atoms with Gasteiger partial charge >= 0.3 is 0 Å². The number of hydrogen-bond donors (Lipinski definition) is 1. The molecule has 0 saturated heterocycles. The summed E-state index contributed by atoms with van der Waals surface area (Å²) in [5.41, 5.74) is 8.08. The summed E-state index contributed by atoms with van der Waals surface area (Å²) in [5, 5.41) is 2.87. The Morgan fingerprint density at radius 3 is 1.38 bits per heavy atom. The predicted octanol–water partition coefficient (Wildman–Crippen LogP) is 7.28. The lowest BCUT2D eigenvalue weighted by molar-refractivity contribution is 0.0991. The topological polar surface area (TPSA) is 46.2 Å². The van der Waals surface area contributed by atoms with Gasteiger partial charge in [0.2, 0.25) is 0 Å². The molecule has 4 aromatic carbocycles. The second-order valence-corrected chi connectivity index (χ2v) is 8.64. The molecule has 0 bridgehead atoms. The van der Waals surface area contributed by atoms with Crippen LogP contribution in [0.3, 0.4) is 0 Å². The summed E-state index contributed by atoms with van der Waals surface area (Å²) in [5.74, 6) is 0.0997. The van der Waals surface area contributed by atoms with Crippen LogP contribution in [0, 0.1) is 27.7 Å². The van der Waals surface area contributed by atoms with Crippen LogP contribution in [-0.4, -0.2) is 11.7 Å². The monoisotopic (exact) mass is 449 g/mol. The Labute approximate surface area is 202 Å². The van der Waals surface area contributed by atoms with Crippen LogP contribution in [0.4, 0.5) is 5.69 Å². The van der Waals surface area contributed by atoms with Crippen LogP contribution < -0.4 is 5.32 Å². The highest BCUT2D eigenvalue weighted by Crippen LogP contribution is 2.12. The van der Waals surface area contributed by atoms with E-state index in [9.17, 15) is 9.59 Å². The van der Waals surface area contributed by atoms with E-state index in [1.165, 1.54) is 16.7 Å². The van der Waals surface area contributed by atoms with Gasteiger partial charge in [-0.3, -0.25) is 9.59 Å². The van der Waals surface area contributed by atoms with E-state index in [0.29, 0.717) is 12.0 Å². The first kappa shape index (κ1) is 24.7. The summed E-state index contributed by atoms with van der Waals surface area (Å²) in [4.78, 5) is 23.9. The number of nitrogens with one attached hydrogen (secondary N) is 1. The zero-order chi connectivity index (χ0) is 24.5. The van der Waals surface area contributed by atoms with Gasteiger partial charge in [0.25, 0.3) is 5.91 Å². The molecule has 0 spiro atoms. The molecule has 0 aliphatic heterocycles. The fraction of sp³-hybridized carbons (Fsp3) is 0.161.